The van der Waals surface area contributed by atoms with Gasteiger partial charge in [0.2, 0.25) is 0 Å². The van der Waals surface area contributed by atoms with Gasteiger partial charge in [-0.15, -0.1) is 22.7 Å². The van der Waals surface area contributed by atoms with Gasteiger partial charge in [-0.05, 0) is 77.2 Å². The van der Waals surface area contributed by atoms with Gasteiger partial charge in [-0.25, -0.2) is 0 Å². The van der Waals surface area contributed by atoms with Gasteiger partial charge < -0.3 is 0 Å². The molecule has 168 valence electrons. The predicted molar refractivity (Wildman–Crippen MR) is 176 cm³/mol. The zero-order chi connectivity index (χ0) is 23.1. The Kier molecular flexibility index (Phi) is 7.66. The number of thiophene rings is 2. The maximum absolute atomic E-state index is 2.42. The number of rotatable bonds is 6. The van der Waals surface area contributed by atoms with Crippen LogP contribution in [0.3, 0.4) is 0 Å². The second-order valence-electron chi connectivity index (χ2n) is 7.47. The van der Waals surface area contributed by atoms with E-state index in [-0.39, 0.29) is 0 Å². The maximum atomic E-state index is 2.42. The summed E-state index contributed by atoms with van der Waals surface area (Å²) in [6.07, 6.45) is 0. The van der Waals surface area contributed by atoms with Gasteiger partial charge >= 0.3 is 0 Å². The van der Waals surface area contributed by atoms with E-state index < -0.39 is 0 Å². The standard InChI is InChI=1S/C26H14I2S6/c27-33-25-23(29-17-7-3-1-4-8-17)19-11-15-14-22-20(12-16(15)13-21(19)31-25)24(26(32-22)34-28)30-18-9-5-2-6-10-18/h1-14H. The Morgan fingerprint density at radius 3 is 1.32 bits per heavy atom. The van der Waals surface area contributed by atoms with E-state index in [2.05, 4.69) is 127 Å². The molecule has 0 aliphatic heterocycles. The normalized spacial score (nSPS) is 11.7. The zero-order valence-electron chi connectivity index (χ0n) is 17.3. The molecule has 4 aromatic carbocycles. The lowest BCUT2D eigenvalue weighted by molar-refractivity contribution is 1.40. The summed E-state index contributed by atoms with van der Waals surface area (Å²) in [4.78, 5) is 5.33. The smallest absolute Gasteiger partial charge is 0.0854 e. The number of hydrogen-bond donors (Lipinski definition) is 0. The van der Waals surface area contributed by atoms with Crippen LogP contribution in [-0.2, 0) is 0 Å². The summed E-state index contributed by atoms with van der Waals surface area (Å²) in [7, 11) is 3.65. The number of benzene rings is 4. The Morgan fingerprint density at radius 1 is 0.529 bits per heavy atom. The first-order chi connectivity index (χ1) is 16.7. The lowest BCUT2D eigenvalue weighted by Crippen LogP contribution is -1.77. The van der Waals surface area contributed by atoms with E-state index in [1.807, 2.05) is 64.1 Å². The van der Waals surface area contributed by atoms with Gasteiger partial charge in [0.25, 0.3) is 0 Å². The number of hydrogen-bond acceptors (Lipinski definition) is 6. The highest BCUT2D eigenvalue weighted by atomic mass is 127. The van der Waals surface area contributed by atoms with Gasteiger partial charge in [0, 0.05) is 82.2 Å². The van der Waals surface area contributed by atoms with Crippen molar-refractivity contribution < 1.29 is 0 Å². The quantitative estimate of drug-likeness (QED) is 0.155. The maximum Gasteiger partial charge on any atom is 0.0854 e. The molecule has 0 atom stereocenters. The fourth-order valence-electron chi connectivity index (χ4n) is 3.85. The number of fused-ring (bicyclic) bond motifs is 3. The highest BCUT2D eigenvalue weighted by molar-refractivity contribution is 14.2. The van der Waals surface area contributed by atoms with Gasteiger partial charge in [0.05, 0.1) is 8.42 Å². The summed E-state index contributed by atoms with van der Waals surface area (Å²) in [5, 5.41) is 5.37. The van der Waals surface area contributed by atoms with Crippen LogP contribution in [0.5, 0.6) is 0 Å². The lowest BCUT2D eigenvalue weighted by atomic mass is 10.1. The molecule has 6 rings (SSSR count). The second-order valence-corrected chi connectivity index (χ2v) is 16.0. The van der Waals surface area contributed by atoms with Crippen LogP contribution in [0.2, 0.25) is 0 Å². The van der Waals surface area contributed by atoms with E-state index in [1.54, 1.807) is 0 Å². The first kappa shape index (κ1) is 24.3. The van der Waals surface area contributed by atoms with Crippen LogP contribution in [0.15, 0.2) is 113 Å². The first-order valence-electron chi connectivity index (χ1n) is 10.2. The molecule has 0 radical (unpaired) electrons. The molecule has 0 aliphatic rings. The van der Waals surface area contributed by atoms with E-state index in [9.17, 15) is 0 Å². The Bertz CT molecular complexity index is 1500. The third kappa shape index (κ3) is 4.78. The zero-order valence-corrected chi connectivity index (χ0v) is 26.5. The summed E-state index contributed by atoms with van der Waals surface area (Å²) in [5.74, 6) is 0. The van der Waals surface area contributed by atoms with Crippen molar-refractivity contribution >= 4 is 137 Å². The number of halogens is 2. The van der Waals surface area contributed by atoms with E-state index in [4.69, 9.17) is 0 Å². The predicted octanol–water partition coefficient (Wildman–Crippen LogP) is 12.5. The topological polar surface area (TPSA) is 0 Å². The minimum absolute atomic E-state index is 1.29. The van der Waals surface area contributed by atoms with E-state index in [1.165, 1.54) is 58.9 Å². The van der Waals surface area contributed by atoms with Crippen LogP contribution in [0, 0.1) is 0 Å². The van der Waals surface area contributed by atoms with Crippen molar-refractivity contribution in [3.8, 4) is 0 Å². The average molecular weight is 773 g/mol. The molecule has 34 heavy (non-hydrogen) atoms. The summed E-state index contributed by atoms with van der Waals surface area (Å²) >= 11 is 12.4. The van der Waals surface area contributed by atoms with Gasteiger partial charge in [-0.1, -0.05) is 59.9 Å². The van der Waals surface area contributed by atoms with Crippen LogP contribution in [0.4, 0.5) is 0 Å². The summed E-state index contributed by atoms with van der Waals surface area (Å²) in [6, 6.07) is 31.0. The second kappa shape index (κ2) is 10.7. The molecular weight excluding hydrogens is 758 g/mol. The molecule has 0 fully saturated rings. The average Bonchev–Trinajstić information content (AvgIpc) is 3.39. The molecule has 0 bridgehead atoms. The van der Waals surface area contributed by atoms with Crippen molar-refractivity contribution in [3.05, 3.63) is 84.9 Å². The minimum atomic E-state index is 1.29. The minimum Gasteiger partial charge on any atom is -0.127 e. The molecule has 0 spiro atoms. The highest BCUT2D eigenvalue weighted by Crippen LogP contribution is 2.51. The van der Waals surface area contributed by atoms with E-state index in [0.717, 1.165) is 0 Å². The van der Waals surface area contributed by atoms with Crippen molar-refractivity contribution in [2.75, 3.05) is 0 Å². The fraction of sp³-hybridized carbons (Fsp3) is 0. The summed E-state index contributed by atoms with van der Waals surface area (Å²) in [6.45, 7) is 0. The van der Waals surface area contributed by atoms with Crippen LogP contribution in [-0.4, -0.2) is 0 Å². The van der Waals surface area contributed by atoms with E-state index in [0.29, 0.717) is 0 Å². The molecule has 0 saturated heterocycles. The van der Waals surface area contributed by atoms with Gasteiger partial charge in [0.15, 0.2) is 0 Å². The Labute approximate surface area is 247 Å². The first-order valence-corrected chi connectivity index (χ1v) is 20.2. The summed E-state index contributed by atoms with van der Waals surface area (Å²) in [5.41, 5.74) is 0. The molecule has 0 saturated carbocycles. The molecule has 0 unspecified atom stereocenters. The molecule has 0 amide bonds. The van der Waals surface area contributed by atoms with Crippen LogP contribution >= 0.6 is 106 Å². The van der Waals surface area contributed by atoms with Crippen molar-refractivity contribution in [3.63, 3.8) is 0 Å². The fourth-order valence-corrected chi connectivity index (χ4v) is 13.5. The molecule has 2 heterocycles. The van der Waals surface area contributed by atoms with Crippen LogP contribution in [0.1, 0.15) is 0 Å². The van der Waals surface area contributed by atoms with Gasteiger partial charge in [-0.2, -0.15) is 0 Å². The third-order valence-electron chi connectivity index (χ3n) is 5.37. The molecule has 0 aliphatic carbocycles. The molecule has 2 aromatic heterocycles. The largest absolute Gasteiger partial charge is 0.127 e. The van der Waals surface area contributed by atoms with Crippen molar-refractivity contribution in [2.45, 2.75) is 28.0 Å². The molecular formula is C26H14I2S6. The van der Waals surface area contributed by atoms with Crippen molar-refractivity contribution in [1.29, 1.82) is 0 Å². The monoisotopic (exact) mass is 772 g/mol. The molecule has 0 N–H and O–H groups in total. The third-order valence-corrected chi connectivity index (χ3v) is 16.2. The molecule has 6 aromatic rings. The molecule has 0 nitrogen and oxygen atoms in total. The van der Waals surface area contributed by atoms with Crippen molar-refractivity contribution in [1.82, 2.24) is 0 Å². The SMILES string of the molecule is ISc1sc2cc3cc4c(Sc5ccccc5)c(SI)sc4cc3cc2c1Sc1ccccc1. The lowest BCUT2D eigenvalue weighted by Gasteiger charge is -2.05. The van der Waals surface area contributed by atoms with Crippen LogP contribution in [0.25, 0.3) is 30.9 Å². The Balaban J connectivity index is 1.51. The van der Waals surface area contributed by atoms with Gasteiger partial charge in [-0.3, -0.25) is 0 Å². The highest BCUT2D eigenvalue weighted by Gasteiger charge is 2.18. The van der Waals surface area contributed by atoms with Crippen LogP contribution < -0.4 is 0 Å². The van der Waals surface area contributed by atoms with Crippen molar-refractivity contribution in [2.24, 2.45) is 0 Å². The molecule has 8 heteroatoms. The Hall–Kier alpha value is -0.0800. The van der Waals surface area contributed by atoms with E-state index >= 15 is 0 Å². The van der Waals surface area contributed by atoms with Gasteiger partial charge in [0.1, 0.15) is 0 Å². The summed E-state index contributed by atoms with van der Waals surface area (Å²) < 4.78 is 5.48. The Morgan fingerprint density at radius 2 is 0.941 bits per heavy atom.